The molecule has 0 aliphatic carbocycles. The summed E-state index contributed by atoms with van der Waals surface area (Å²) < 4.78 is 19.1. The van der Waals surface area contributed by atoms with Crippen LogP contribution in [0.25, 0.3) is 11.3 Å². The maximum absolute atomic E-state index is 12.1. The van der Waals surface area contributed by atoms with Crippen LogP contribution in [0.2, 0.25) is 10.3 Å². The first-order chi connectivity index (χ1) is 25.8. The smallest absolute Gasteiger partial charge is 1.00 e. The summed E-state index contributed by atoms with van der Waals surface area (Å²) in [7, 11) is 0. The molecule has 22 heteroatoms. The van der Waals surface area contributed by atoms with Gasteiger partial charge in [0.2, 0.25) is 5.91 Å². The Morgan fingerprint density at radius 1 is 0.807 bits per heavy atom. The fourth-order valence-electron chi connectivity index (χ4n) is 4.98. The molecule has 0 radical (unpaired) electrons. The SMILES string of the molecule is C.CC(C)(C)OC(=O)N1CC[C@H](O)C1.CC(C)(C)OC(=O)N1CC[C@H](OCC(=O)Nc2cn3nc(Cl)ccc3n2)C1.O=C(CBr)Nc1cn2nc(Cl)ccc2n1.[H-].[Na+]. The number of halogens is 3. The van der Waals surface area contributed by atoms with Gasteiger partial charge >= 0.3 is 41.7 Å². The first-order valence-corrected chi connectivity index (χ1v) is 19.1. The maximum atomic E-state index is 12.1. The Bertz CT molecular complexity index is 1980. The summed E-state index contributed by atoms with van der Waals surface area (Å²) in [6, 6.07) is 6.68. The molecule has 2 aliphatic rings. The quantitative estimate of drug-likeness (QED) is 0.189. The fourth-order valence-corrected chi connectivity index (χ4v) is 5.41. The number of ether oxygens (including phenoxy) is 3. The van der Waals surface area contributed by atoms with Gasteiger partial charge in [-0.1, -0.05) is 46.6 Å². The Morgan fingerprint density at radius 2 is 1.26 bits per heavy atom. The number of fused-ring (bicyclic) bond motifs is 2. The third kappa shape index (κ3) is 16.8. The van der Waals surface area contributed by atoms with Gasteiger partial charge in [-0.25, -0.2) is 28.6 Å². The molecule has 2 atom stereocenters. The number of carbonyl (C=O) groups excluding carboxylic acids is 4. The van der Waals surface area contributed by atoms with Crippen LogP contribution in [0, 0.1) is 0 Å². The van der Waals surface area contributed by atoms with Gasteiger partial charge in [0, 0.05) is 19.6 Å². The number of amides is 4. The number of imidazole rings is 2. The maximum Gasteiger partial charge on any atom is 1.00 e. The number of carbonyl (C=O) groups is 4. The molecule has 2 saturated heterocycles. The zero-order valence-electron chi connectivity index (χ0n) is 33.3. The van der Waals surface area contributed by atoms with Crippen LogP contribution in [0.1, 0.15) is 63.2 Å². The Kier molecular flexibility index (Phi) is 19.4. The molecule has 310 valence electrons. The molecule has 0 aromatic carbocycles. The molecule has 4 aromatic heterocycles. The standard InChI is InChI=1S/C17H22ClN5O4.C9H17NO3.C8H6BrClN4O.CH4.Na.H/c1-17(2,3)27-16(25)22-7-6-11(8-22)26-10-15(24)20-13-9-23-14(19-13)5-4-12(18)21-23;1-9(2,3)13-8(12)10-5-4-7(11)6-10;9-3-8(15)12-6-4-14-7(11-6)2-1-5(10)13-14;;;/h4-5,9,11H,6-8,10H2,1-3H3,(H,20,24);7,11H,4-6H2,1-3H3;1-2,4H,3H2,(H,12,15);1H4;;/q;;;;+1;-1/t11-;7-;;;;/m00..../s1. The van der Waals surface area contributed by atoms with E-state index in [1.54, 1.807) is 41.6 Å². The van der Waals surface area contributed by atoms with Crippen molar-refractivity contribution in [1.82, 2.24) is 39.0 Å². The number of nitrogens with zero attached hydrogens (tertiary/aromatic N) is 8. The van der Waals surface area contributed by atoms with Crippen LogP contribution in [0.5, 0.6) is 0 Å². The van der Waals surface area contributed by atoms with Gasteiger partial charge < -0.3 is 41.2 Å². The van der Waals surface area contributed by atoms with E-state index in [-0.39, 0.29) is 86.6 Å². The summed E-state index contributed by atoms with van der Waals surface area (Å²) in [5.41, 5.74) is 0.206. The van der Waals surface area contributed by atoms with Crippen molar-refractivity contribution in [3.63, 3.8) is 0 Å². The molecule has 0 spiro atoms. The van der Waals surface area contributed by atoms with Crippen LogP contribution >= 0.6 is 39.1 Å². The second-order valence-electron chi connectivity index (χ2n) is 14.4. The van der Waals surface area contributed by atoms with Crippen LogP contribution in [0.15, 0.2) is 36.7 Å². The third-order valence-corrected chi connectivity index (χ3v) is 8.21. The molecule has 4 aromatic rings. The molecule has 18 nitrogen and oxygen atoms in total. The number of hydrogen-bond acceptors (Lipinski definition) is 12. The Hall–Kier alpha value is -3.30. The van der Waals surface area contributed by atoms with E-state index in [1.165, 1.54) is 13.9 Å². The van der Waals surface area contributed by atoms with Crippen molar-refractivity contribution < 1.29 is 69.5 Å². The van der Waals surface area contributed by atoms with Crippen molar-refractivity contribution in [2.75, 3.05) is 48.7 Å². The van der Waals surface area contributed by atoms with Crippen molar-refractivity contribution in [3.05, 3.63) is 47.0 Å². The van der Waals surface area contributed by atoms with E-state index in [2.05, 4.69) is 46.7 Å². The minimum absolute atomic E-state index is 0. The van der Waals surface area contributed by atoms with Gasteiger partial charge in [0.1, 0.15) is 28.1 Å². The van der Waals surface area contributed by atoms with Crippen molar-refractivity contribution >= 4 is 86.1 Å². The van der Waals surface area contributed by atoms with Crippen LogP contribution in [-0.4, -0.2) is 130 Å². The first kappa shape index (κ1) is 49.8. The zero-order valence-corrected chi connectivity index (χ0v) is 37.4. The minimum atomic E-state index is -0.539. The fraction of sp³-hybridized carbons (Fsp3) is 0.543. The number of aromatic nitrogens is 6. The number of hydrogen-bond donors (Lipinski definition) is 3. The predicted octanol–water partition coefficient (Wildman–Crippen LogP) is 2.80. The summed E-state index contributed by atoms with van der Waals surface area (Å²) in [5, 5.41) is 23.4. The van der Waals surface area contributed by atoms with E-state index in [1.807, 2.05) is 41.5 Å². The number of likely N-dealkylation sites (tertiary alicyclic amines) is 2. The van der Waals surface area contributed by atoms with Crippen LogP contribution in [0.3, 0.4) is 0 Å². The van der Waals surface area contributed by atoms with Gasteiger partial charge in [-0.2, -0.15) is 10.2 Å². The van der Waals surface area contributed by atoms with Gasteiger partial charge in [-0.05, 0) is 78.6 Å². The van der Waals surface area contributed by atoms with Gasteiger partial charge in [0.05, 0.1) is 36.5 Å². The second kappa shape index (κ2) is 22.2. The first-order valence-electron chi connectivity index (χ1n) is 17.2. The number of β-amino-alcohol motifs (C(OH)–C–C–N with tert-alkyl or cyclic N) is 1. The number of rotatable bonds is 6. The number of aliphatic hydroxyl groups is 1. The summed E-state index contributed by atoms with van der Waals surface area (Å²) in [6.07, 6.45) is 3.19. The van der Waals surface area contributed by atoms with E-state index in [9.17, 15) is 24.3 Å². The average molecular weight is 913 g/mol. The number of aliphatic hydroxyl groups excluding tert-OH is 1. The van der Waals surface area contributed by atoms with Crippen molar-refractivity contribution in [1.29, 1.82) is 0 Å². The molecular weight excluding hydrogens is 862 g/mol. The molecule has 0 saturated carbocycles. The van der Waals surface area contributed by atoms with Gasteiger partial charge in [0.25, 0.3) is 5.91 Å². The molecule has 6 heterocycles. The largest absolute Gasteiger partial charge is 1.00 e. The molecule has 3 N–H and O–H groups in total. The van der Waals surface area contributed by atoms with Crippen molar-refractivity contribution in [2.24, 2.45) is 0 Å². The normalized spacial score (nSPS) is 16.3. The van der Waals surface area contributed by atoms with E-state index in [0.717, 1.165) is 0 Å². The Morgan fingerprint density at radius 3 is 1.70 bits per heavy atom. The Labute approximate surface area is 373 Å². The molecule has 0 unspecified atom stereocenters. The van der Waals surface area contributed by atoms with Crippen LogP contribution < -0.4 is 40.2 Å². The predicted molar refractivity (Wildman–Crippen MR) is 215 cm³/mol. The summed E-state index contributed by atoms with van der Waals surface area (Å²) in [4.78, 5) is 58.1. The van der Waals surface area contributed by atoms with E-state index in [0.29, 0.717) is 72.3 Å². The zero-order chi connectivity index (χ0) is 40.5. The summed E-state index contributed by atoms with van der Waals surface area (Å²) >= 11 is 14.6. The third-order valence-electron chi connectivity index (χ3n) is 7.29. The molecule has 2 aliphatic heterocycles. The van der Waals surface area contributed by atoms with Gasteiger partial charge in [0.15, 0.2) is 22.9 Å². The summed E-state index contributed by atoms with van der Waals surface area (Å²) in [5.74, 6) is 0.319. The molecule has 2 fully saturated rings. The second-order valence-corrected chi connectivity index (χ2v) is 15.8. The van der Waals surface area contributed by atoms with Gasteiger partial charge in [-0.15, -0.1) is 0 Å². The average Bonchev–Trinajstić information content (AvgIpc) is 3.89. The van der Waals surface area contributed by atoms with E-state index < -0.39 is 11.2 Å². The monoisotopic (exact) mass is 910 g/mol. The molecule has 4 amide bonds. The van der Waals surface area contributed by atoms with E-state index >= 15 is 0 Å². The topological polar surface area (TPSA) is 207 Å². The minimum Gasteiger partial charge on any atom is -1.00 e. The molecule has 0 bridgehead atoms. The van der Waals surface area contributed by atoms with Crippen LogP contribution in [0.4, 0.5) is 21.2 Å². The van der Waals surface area contributed by atoms with E-state index in [4.69, 9.17) is 37.4 Å². The molecule has 6 rings (SSSR count). The summed E-state index contributed by atoms with van der Waals surface area (Å²) in [6.45, 7) is 12.8. The van der Waals surface area contributed by atoms with Gasteiger partial charge in [-0.3, -0.25) is 9.59 Å². The molecular formula is C35H50BrCl2N10NaO8. The number of nitrogens with one attached hydrogen (secondary N) is 2. The van der Waals surface area contributed by atoms with Crippen molar-refractivity contribution in [3.8, 4) is 0 Å². The van der Waals surface area contributed by atoms with Crippen molar-refractivity contribution in [2.45, 2.75) is 85.2 Å². The molecule has 57 heavy (non-hydrogen) atoms. The number of anilines is 2. The number of alkyl halides is 1. The van der Waals surface area contributed by atoms with Crippen LogP contribution in [-0.2, 0) is 23.8 Å². The Balaban J connectivity index is 0.000000463.